The van der Waals surface area contributed by atoms with Crippen molar-refractivity contribution >= 4 is 12.0 Å². The molecule has 0 amide bonds. The van der Waals surface area contributed by atoms with Crippen molar-refractivity contribution in [1.29, 1.82) is 0 Å². The van der Waals surface area contributed by atoms with Crippen molar-refractivity contribution in [2.45, 2.75) is 13.5 Å². The van der Waals surface area contributed by atoms with Crippen molar-refractivity contribution in [3.05, 3.63) is 65.2 Å². The second-order valence-electron chi connectivity index (χ2n) is 4.84. The number of hydrogen-bond donors (Lipinski definition) is 1. The maximum Gasteiger partial charge on any atom is 0.328 e. The highest BCUT2D eigenvalue weighted by Crippen LogP contribution is 2.23. The van der Waals surface area contributed by atoms with E-state index in [1.807, 2.05) is 37.3 Å². The number of methoxy groups -OCH3 is 1. The average molecular weight is 298 g/mol. The van der Waals surface area contributed by atoms with E-state index in [9.17, 15) is 4.79 Å². The van der Waals surface area contributed by atoms with Crippen LogP contribution in [0.25, 0.3) is 6.08 Å². The van der Waals surface area contributed by atoms with Gasteiger partial charge in [0.05, 0.1) is 7.11 Å². The molecule has 4 heteroatoms. The topological polar surface area (TPSA) is 55.8 Å². The van der Waals surface area contributed by atoms with Gasteiger partial charge in [0.1, 0.15) is 18.1 Å². The van der Waals surface area contributed by atoms with E-state index in [4.69, 9.17) is 14.6 Å². The molecule has 114 valence electrons. The van der Waals surface area contributed by atoms with E-state index in [0.717, 1.165) is 23.0 Å². The molecular weight excluding hydrogens is 280 g/mol. The normalized spacial score (nSPS) is 10.6. The third-order valence-corrected chi connectivity index (χ3v) is 3.14. The second kappa shape index (κ2) is 7.31. The number of benzene rings is 2. The number of aliphatic carboxylic acids is 1. The fourth-order valence-corrected chi connectivity index (χ4v) is 1.98. The van der Waals surface area contributed by atoms with Crippen LogP contribution in [0.4, 0.5) is 0 Å². The Bertz CT molecular complexity index is 672. The van der Waals surface area contributed by atoms with Crippen molar-refractivity contribution < 1.29 is 19.4 Å². The first kappa shape index (κ1) is 15.6. The van der Waals surface area contributed by atoms with E-state index in [1.165, 1.54) is 11.6 Å². The average Bonchev–Trinajstić information content (AvgIpc) is 2.52. The van der Waals surface area contributed by atoms with Crippen molar-refractivity contribution in [3.8, 4) is 11.5 Å². The molecule has 0 aliphatic heterocycles. The third kappa shape index (κ3) is 4.38. The van der Waals surface area contributed by atoms with Crippen LogP contribution in [0.15, 0.2) is 48.5 Å². The summed E-state index contributed by atoms with van der Waals surface area (Å²) in [7, 11) is 1.59. The van der Waals surface area contributed by atoms with Crippen molar-refractivity contribution in [2.24, 2.45) is 0 Å². The summed E-state index contributed by atoms with van der Waals surface area (Å²) in [6.45, 7) is 2.37. The van der Waals surface area contributed by atoms with Gasteiger partial charge in [-0.25, -0.2) is 4.79 Å². The van der Waals surface area contributed by atoms with Gasteiger partial charge in [0.25, 0.3) is 0 Å². The van der Waals surface area contributed by atoms with Gasteiger partial charge in [-0.05, 0) is 42.8 Å². The molecule has 0 radical (unpaired) electrons. The predicted molar refractivity (Wildman–Crippen MR) is 85.2 cm³/mol. The summed E-state index contributed by atoms with van der Waals surface area (Å²) in [6, 6.07) is 13.2. The van der Waals surface area contributed by atoms with Crippen molar-refractivity contribution in [3.63, 3.8) is 0 Å². The number of carbonyl (C=O) groups is 1. The van der Waals surface area contributed by atoms with Gasteiger partial charge >= 0.3 is 5.97 Å². The third-order valence-electron chi connectivity index (χ3n) is 3.14. The van der Waals surface area contributed by atoms with Crippen molar-refractivity contribution in [1.82, 2.24) is 0 Å². The smallest absolute Gasteiger partial charge is 0.328 e. The van der Waals surface area contributed by atoms with Crippen LogP contribution in [0.1, 0.15) is 16.7 Å². The first-order chi connectivity index (χ1) is 10.6. The maximum atomic E-state index is 10.6. The maximum absolute atomic E-state index is 10.6. The monoisotopic (exact) mass is 298 g/mol. The summed E-state index contributed by atoms with van der Waals surface area (Å²) in [5.74, 6) is 0.506. The summed E-state index contributed by atoms with van der Waals surface area (Å²) in [6.07, 6.45) is 2.64. The first-order valence-corrected chi connectivity index (χ1v) is 6.86. The van der Waals surface area contributed by atoms with Crippen LogP contribution in [0.2, 0.25) is 0 Å². The number of aryl methyl sites for hydroxylation is 1. The highest BCUT2D eigenvalue weighted by Gasteiger charge is 2.05. The van der Waals surface area contributed by atoms with Crippen LogP contribution in [0.3, 0.4) is 0 Å². The van der Waals surface area contributed by atoms with E-state index < -0.39 is 5.97 Å². The zero-order valence-corrected chi connectivity index (χ0v) is 12.6. The predicted octanol–water partition coefficient (Wildman–Crippen LogP) is 3.68. The van der Waals surface area contributed by atoms with Gasteiger partial charge in [-0.1, -0.05) is 23.8 Å². The molecule has 0 saturated carbocycles. The fraction of sp³-hybridized carbons (Fsp3) is 0.167. The van der Waals surface area contributed by atoms with Crippen LogP contribution in [0, 0.1) is 6.92 Å². The Morgan fingerprint density at radius 2 is 1.91 bits per heavy atom. The van der Waals surface area contributed by atoms with E-state index in [2.05, 4.69) is 0 Å². The highest BCUT2D eigenvalue weighted by atomic mass is 16.5. The lowest BCUT2D eigenvalue weighted by Crippen LogP contribution is -1.99. The molecule has 0 aliphatic rings. The summed E-state index contributed by atoms with van der Waals surface area (Å²) < 4.78 is 11.1. The summed E-state index contributed by atoms with van der Waals surface area (Å²) in [4.78, 5) is 10.6. The molecule has 0 spiro atoms. The zero-order valence-electron chi connectivity index (χ0n) is 12.6. The Morgan fingerprint density at radius 1 is 1.18 bits per heavy atom. The number of rotatable bonds is 6. The molecule has 0 aliphatic carbocycles. The van der Waals surface area contributed by atoms with Crippen LogP contribution >= 0.6 is 0 Å². The molecule has 2 aromatic rings. The number of hydrogen-bond acceptors (Lipinski definition) is 3. The lowest BCUT2D eigenvalue weighted by molar-refractivity contribution is -0.131. The quantitative estimate of drug-likeness (QED) is 0.827. The van der Waals surface area contributed by atoms with Crippen LogP contribution < -0.4 is 9.47 Å². The largest absolute Gasteiger partial charge is 0.496 e. The summed E-state index contributed by atoms with van der Waals surface area (Å²) in [5, 5.41) is 8.68. The van der Waals surface area contributed by atoms with Gasteiger partial charge in [0, 0.05) is 11.6 Å². The molecule has 4 nitrogen and oxygen atoms in total. The minimum atomic E-state index is -0.978. The van der Waals surface area contributed by atoms with Gasteiger partial charge in [-0.3, -0.25) is 0 Å². The Balaban J connectivity index is 2.15. The molecule has 1 N–H and O–H groups in total. The molecule has 2 rings (SSSR count). The zero-order chi connectivity index (χ0) is 15.9. The Labute approximate surface area is 129 Å². The SMILES string of the molecule is COc1ccc(/C=C\C(=O)O)cc1COc1ccc(C)cc1. The Hall–Kier alpha value is -2.75. The van der Waals surface area contributed by atoms with Gasteiger partial charge < -0.3 is 14.6 Å². The molecule has 0 unspecified atom stereocenters. The molecule has 0 aromatic heterocycles. The van der Waals surface area contributed by atoms with Gasteiger partial charge in [0.15, 0.2) is 0 Å². The fourth-order valence-electron chi connectivity index (χ4n) is 1.98. The van der Waals surface area contributed by atoms with Crippen molar-refractivity contribution in [2.75, 3.05) is 7.11 Å². The first-order valence-electron chi connectivity index (χ1n) is 6.86. The van der Waals surface area contributed by atoms with Gasteiger partial charge in [-0.2, -0.15) is 0 Å². The standard InChI is InChI=1S/C18H18O4/c1-13-3-7-16(8-4-13)22-12-15-11-14(6-10-18(19)20)5-9-17(15)21-2/h3-11H,12H2,1-2H3,(H,19,20)/b10-6-. The summed E-state index contributed by atoms with van der Waals surface area (Å²) >= 11 is 0. The molecule has 0 saturated heterocycles. The number of carboxylic acids is 1. The minimum absolute atomic E-state index is 0.348. The van der Waals surface area contributed by atoms with Gasteiger partial charge in [-0.15, -0.1) is 0 Å². The van der Waals surface area contributed by atoms with E-state index in [-0.39, 0.29) is 0 Å². The molecule has 0 heterocycles. The van der Waals surface area contributed by atoms with E-state index >= 15 is 0 Å². The molecular formula is C18H18O4. The second-order valence-corrected chi connectivity index (χ2v) is 4.84. The highest BCUT2D eigenvalue weighted by molar-refractivity contribution is 5.85. The molecule has 0 bridgehead atoms. The van der Waals surface area contributed by atoms with Crippen LogP contribution in [-0.4, -0.2) is 18.2 Å². The number of ether oxygens (including phenoxy) is 2. The lowest BCUT2D eigenvalue weighted by atomic mass is 10.1. The van der Waals surface area contributed by atoms with E-state index in [1.54, 1.807) is 19.2 Å². The Kier molecular flexibility index (Phi) is 5.20. The Morgan fingerprint density at radius 3 is 2.55 bits per heavy atom. The van der Waals surface area contributed by atoms with Gasteiger partial charge in [0.2, 0.25) is 0 Å². The lowest BCUT2D eigenvalue weighted by Gasteiger charge is -2.11. The minimum Gasteiger partial charge on any atom is -0.496 e. The molecule has 22 heavy (non-hydrogen) atoms. The number of carboxylic acid groups (broad SMARTS) is 1. The molecule has 0 fully saturated rings. The molecule has 2 aromatic carbocycles. The van der Waals surface area contributed by atoms with Crippen LogP contribution in [0.5, 0.6) is 11.5 Å². The summed E-state index contributed by atoms with van der Waals surface area (Å²) in [5.41, 5.74) is 2.81. The van der Waals surface area contributed by atoms with E-state index in [0.29, 0.717) is 12.4 Å². The molecule has 0 atom stereocenters. The van der Waals surface area contributed by atoms with Crippen LogP contribution in [-0.2, 0) is 11.4 Å².